The minimum Gasteiger partial charge on any atom is -0.237 e. The van der Waals surface area contributed by atoms with Crippen LogP contribution in [-0.4, -0.2) is 28.2 Å². The fraction of sp³-hybridized carbons (Fsp3) is 0.154. The van der Waals surface area contributed by atoms with Crippen molar-refractivity contribution in [3.8, 4) is 5.82 Å². The predicted molar refractivity (Wildman–Crippen MR) is 82.2 cm³/mol. The summed E-state index contributed by atoms with van der Waals surface area (Å²) in [6.45, 7) is 1.92. The molecular weight excluding hydrogens is 322 g/mol. The Morgan fingerprint density at radius 3 is 2.82 bits per heavy atom. The Morgan fingerprint density at radius 1 is 1.36 bits per heavy atom. The molecule has 3 heterocycles. The van der Waals surface area contributed by atoms with E-state index in [4.69, 9.17) is 0 Å². The number of hydrogen-bond acceptors (Lipinski definition) is 6. The van der Waals surface area contributed by atoms with Crippen LogP contribution in [0.3, 0.4) is 0 Å². The van der Waals surface area contributed by atoms with Crippen molar-refractivity contribution in [3.63, 3.8) is 0 Å². The van der Waals surface area contributed by atoms with Crippen LogP contribution >= 0.6 is 11.3 Å². The summed E-state index contributed by atoms with van der Waals surface area (Å²) in [6, 6.07) is 5.39. The van der Waals surface area contributed by atoms with E-state index in [1.165, 1.54) is 0 Å². The fourth-order valence-electron chi connectivity index (χ4n) is 1.76. The van der Waals surface area contributed by atoms with Gasteiger partial charge >= 0.3 is 0 Å². The predicted octanol–water partition coefficient (Wildman–Crippen LogP) is 1.51. The Kier molecular flexibility index (Phi) is 4.01. The molecule has 0 spiro atoms. The van der Waals surface area contributed by atoms with Crippen molar-refractivity contribution < 1.29 is 8.42 Å². The number of pyridine rings is 1. The van der Waals surface area contributed by atoms with Crippen LogP contribution in [0.2, 0.25) is 0 Å². The summed E-state index contributed by atoms with van der Waals surface area (Å²) in [4.78, 5) is 8.23. The minimum atomic E-state index is -3.58. The third-order valence-corrected chi connectivity index (χ3v) is 5.62. The second-order valence-corrected chi connectivity index (χ2v) is 7.35. The molecular formula is C13H13N5O2S2. The number of sulfonamides is 1. The molecule has 3 rings (SSSR count). The topological polar surface area (TPSA) is 89.8 Å². The van der Waals surface area contributed by atoms with E-state index in [0.717, 1.165) is 16.9 Å². The quantitative estimate of drug-likeness (QED) is 0.763. The Bertz CT molecular complexity index is 854. The highest BCUT2D eigenvalue weighted by Gasteiger charge is 2.17. The van der Waals surface area contributed by atoms with Gasteiger partial charge in [-0.1, -0.05) is 6.07 Å². The molecule has 3 aromatic heterocycles. The molecule has 7 nitrogen and oxygen atoms in total. The minimum absolute atomic E-state index is 0.0751. The van der Waals surface area contributed by atoms with Crippen LogP contribution in [0, 0.1) is 6.92 Å². The lowest BCUT2D eigenvalue weighted by Gasteiger charge is -2.05. The first kappa shape index (κ1) is 14.8. The number of hydrogen-bond donors (Lipinski definition) is 1. The Balaban J connectivity index is 1.69. The summed E-state index contributed by atoms with van der Waals surface area (Å²) in [5.74, 6) is 0.673. The Labute approximate surface area is 131 Å². The SMILES string of the molecule is Cc1csc(S(=O)(=O)NCc2ccc(-n3cccn3)nc2)n1. The summed E-state index contributed by atoms with van der Waals surface area (Å²) < 4.78 is 28.4. The van der Waals surface area contributed by atoms with Gasteiger partial charge in [0.15, 0.2) is 5.82 Å². The molecule has 9 heteroatoms. The lowest BCUT2D eigenvalue weighted by atomic mass is 10.3. The van der Waals surface area contributed by atoms with Gasteiger partial charge in [-0.2, -0.15) is 5.10 Å². The average Bonchev–Trinajstić information content (AvgIpc) is 3.17. The zero-order chi connectivity index (χ0) is 15.6. The second-order valence-electron chi connectivity index (χ2n) is 4.55. The van der Waals surface area contributed by atoms with Crippen LogP contribution in [0.25, 0.3) is 5.82 Å². The third-order valence-electron chi connectivity index (χ3n) is 2.84. The van der Waals surface area contributed by atoms with Crippen LogP contribution in [0.5, 0.6) is 0 Å². The maximum Gasteiger partial charge on any atom is 0.268 e. The van der Waals surface area contributed by atoms with Crippen molar-refractivity contribution in [2.24, 2.45) is 0 Å². The van der Waals surface area contributed by atoms with Crippen LogP contribution in [0.4, 0.5) is 0 Å². The smallest absolute Gasteiger partial charge is 0.237 e. The average molecular weight is 335 g/mol. The van der Waals surface area contributed by atoms with Crippen molar-refractivity contribution in [3.05, 3.63) is 53.4 Å². The number of nitrogens with one attached hydrogen (secondary N) is 1. The van der Waals surface area contributed by atoms with Crippen molar-refractivity contribution in [2.45, 2.75) is 17.8 Å². The van der Waals surface area contributed by atoms with Gasteiger partial charge in [0, 0.05) is 36.2 Å². The monoisotopic (exact) mass is 335 g/mol. The molecule has 0 bridgehead atoms. The zero-order valence-electron chi connectivity index (χ0n) is 11.7. The van der Waals surface area contributed by atoms with E-state index < -0.39 is 10.0 Å². The maximum atomic E-state index is 12.1. The van der Waals surface area contributed by atoms with Gasteiger partial charge in [0.05, 0.1) is 0 Å². The van der Waals surface area contributed by atoms with E-state index in [1.807, 2.05) is 0 Å². The largest absolute Gasteiger partial charge is 0.268 e. The normalized spacial score (nSPS) is 11.7. The van der Waals surface area contributed by atoms with Crippen molar-refractivity contribution in [1.29, 1.82) is 0 Å². The number of aryl methyl sites for hydroxylation is 1. The molecule has 0 amide bonds. The molecule has 0 atom stereocenters. The van der Waals surface area contributed by atoms with E-state index in [-0.39, 0.29) is 10.9 Å². The molecule has 0 fully saturated rings. The Hall–Kier alpha value is -2.10. The summed E-state index contributed by atoms with van der Waals surface area (Å²) in [7, 11) is -3.58. The molecule has 3 aromatic rings. The summed E-state index contributed by atoms with van der Waals surface area (Å²) in [6.07, 6.45) is 5.07. The molecule has 0 aliphatic carbocycles. The van der Waals surface area contributed by atoms with Gasteiger partial charge in [0.2, 0.25) is 4.34 Å². The van der Waals surface area contributed by atoms with Crippen LogP contribution in [-0.2, 0) is 16.6 Å². The van der Waals surface area contributed by atoms with E-state index in [0.29, 0.717) is 11.5 Å². The second kappa shape index (κ2) is 5.95. The van der Waals surface area contributed by atoms with Gasteiger partial charge in [0.1, 0.15) is 0 Å². The molecule has 0 saturated carbocycles. The summed E-state index contributed by atoms with van der Waals surface area (Å²) in [5.41, 5.74) is 1.45. The lowest BCUT2D eigenvalue weighted by Crippen LogP contribution is -2.23. The summed E-state index contributed by atoms with van der Waals surface area (Å²) >= 11 is 1.10. The van der Waals surface area contributed by atoms with E-state index in [1.54, 1.807) is 53.8 Å². The number of thiazole rings is 1. The van der Waals surface area contributed by atoms with Crippen molar-refractivity contribution in [2.75, 3.05) is 0 Å². The van der Waals surface area contributed by atoms with Gasteiger partial charge in [-0.25, -0.2) is 27.8 Å². The molecule has 0 unspecified atom stereocenters. The van der Waals surface area contributed by atoms with Gasteiger partial charge in [0.25, 0.3) is 10.0 Å². The van der Waals surface area contributed by atoms with E-state index in [9.17, 15) is 8.42 Å². The first-order valence-electron chi connectivity index (χ1n) is 6.41. The molecule has 0 aromatic carbocycles. The van der Waals surface area contributed by atoms with Crippen LogP contribution < -0.4 is 4.72 Å². The fourth-order valence-corrected chi connectivity index (χ4v) is 3.85. The molecule has 22 heavy (non-hydrogen) atoms. The van der Waals surface area contributed by atoms with Crippen molar-refractivity contribution >= 4 is 21.4 Å². The lowest BCUT2D eigenvalue weighted by molar-refractivity contribution is 0.580. The molecule has 114 valence electrons. The van der Waals surface area contributed by atoms with E-state index in [2.05, 4.69) is 19.8 Å². The third kappa shape index (κ3) is 3.21. The first-order valence-corrected chi connectivity index (χ1v) is 8.78. The van der Waals surface area contributed by atoms with Crippen molar-refractivity contribution in [1.82, 2.24) is 24.5 Å². The number of aromatic nitrogens is 4. The van der Waals surface area contributed by atoms with Gasteiger partial charge in [-0.3, -0.25) is 0 Å². The maximum absolute atomic E-state index is 12.1. The molecule has 0 aliphatic rings. The van der Waals surface area contributed by atoms with Gasteiger partial charge in [-0.05, 0) is 24.6 Å². The molecule has 0 radical (unpaired) electrons. The molecule has 0 saturated heterocycles. The number of rotatable bonds is 5. The number of nitrogens with zero attached hydrogens (tertiary/aromatic N) is 4. The van der Waals surface area contributed by atoms with Crippen LogP contribution in [0.1, 0.15) is 11.3 Å². The van der Waals surface area contributed by atoms with E-state index >= 15 is 0 Å². The Morgan fingerprint density at radius 2 is 2.23 bits per heavy atom. The molecule has 0 aliphatic heterocycles. The first-order chi connectivity index (χ1) is 10.5. The van der Waals surface area contributed by atoms with Gasteiger partial charge < -0.3 is 0 Å². The standard InChI is InChI=1S/C13H13N5O2S2/c1-10-9-21-13(17-10)22(19,20)16-8-11-3-4-12(14-7-11)18-6-2-5-15-18/h2-7,9,16H,8H2,1H3. The highest BCUT2D eigenvalue weighted by molar-refractivity contribution is 7.91. The zero-order valence-corrected chi connectivity index (χ0v) is 13.3. The van der Waals surface area contributed by atoms with Gasteiger partial charge in [-0.15, -0.1) is 11.3 Å². The van der Waals surface area contributed by atoms with Crippen LogP contribution in [0.15, 0.2) is 46.5 Å². The highest BCUT2D eigenvalue weighted by atomic mass is 32.2. The highest BCUT2D eigenvalue weighted by Crippen LogP contribution is 2.15. The molecule has 1 N–H and O–H groups in total. The summed E-state index contributed by atoms with van der Waals surface area (Å²) in [5, 5.41) is 5.78.